The lowest BCUT2D eigenvalue weighted by atomic mass is 10.3. The number of amides is 1. The third-order valence-corrected chi connectivity index (χ3v) is 4.57. The number of carbonyl (C=O) groups is 1. The van der Waals surface area contributed by atoms with E-state index in [0.717, 1.165) is 31.4 Å². The Morgan fingerprint density at radius 1 is 1.30 bits per heavy atom. The van der Waals surface area contributed by atoms with E-state index in [1.54, 1.807) is 29.7 Å². The van der Waals surface area contributed by atoms with E-state index < -0.39 is 6.04 Å². The molecule has 0 N–H and O–H groups in total. The first-order valence-electron chi connectivity index (χ1n) is 7.85. The third kappa shape index (κ3) is 1.99. The number of hydrogen-bond donors (Lipinski definition) is 0. The fraction of sp³-hybridized carbons (Fsp3) is 0.438. The molecule has 1 aliphatic heterocycles. The normalized spacial score (nSPS) is 16.5. The highest BCUT2D eigenvalue weighted by Crippen LogP contribution is 2.21. The molecule has 0 saturated carbocycles. The van der Waals surface area contributed by atoms with Gasteiger partial charge in [0.1, 0.15) is 17.4 Å². The third-order valence-electron chi connectivity index (χ3n) is 4.57. The van der Waals surface area contributed by atoms with E-state index in [1.807, 2.05) is 11.8 Å². The van der Waals surface area contributed by atoms with Crippen molar-refractivity contribution in [2.45, 2.75) is 32.7 Å². The number of furan rings is 1. The minimum atomic E-state index is -0.606. The zero-order valence-corrected chi connectivity index (χ0v) is 13.2. The summed E-state index contributed by atoms with van der Waals surface area (Å²) in [6.45, 7) is 5.08. The molecule has 1 aliphatic rings. The highest BCUT2D eigenvalue weighted by Gasteiger charge is 2.27. The first-order chi connectivity index (χ1) is 11.1. The van der Waals surface area contributed by atoms with E-state index in [9.17, 15) is 9.59 Å². The van der Waals surface area contributed by atoms with Crippen molar-refractivity contribution in [2.24, 2.45) is 0 Å². The molecule has 1 atom stereocenters. The summed E-state index contributed by atoms with van der Waals surface area (Å²) >= 11 is 0. The minimum absolute atomic E-state index is 0.0453. The summed E-state index contributed by atoms with van der Waals surface area (Å²) in [7, 11) is 0. The molecule has 1 fully saturated rings. The van der Waals surface area contributed by atoms with Crippen LogP contribution in [0, 0.1) is 6.92 Å². The van der Waals surface area contributed by atoms with Gasteiger partial charge in [0.15, 0.2) is 5.58 Å². The molecule has 120 valence electrons. The predicted octanol–water partition coefficient (Wildman–Crippen LogP) is 1.73. The number of aromatic nitrogens is 3. The van der Waals surface area contributed by atoms with E-state index in [1.165, 1.54) is 4.68 Å². The number of aryl methyl sites for hydroxylation is 1. The molecule has 1 saturated heterocycles. The van der Waals surface area contributed by atoms with Crippen LogP contribution in [0.15, 0.2) is 27.6 Å². The van der Waals surface area contributed by atoms with Gasteiger partial charge in [-0.25, -0.2) is 4.68 Å². The highest BCUT2D eigenvalue weighted by molar-refractivity contribution is 5.83. The van der Waals surface area contributed by atoms with Gasteiger partial charge in [-0.2, -0.15) is 5.10 Å². The van der Waals surface area contributed by atoms with Crippen molar-refractivity contribution >= 4 is 22.5 Å². The second-order valence-electron chi connectivity index (χ2n) is 6.04. The maximum absolute atomic E-state index is 12.8. The molecule has 3 aromatic heterocycles. The van der Waals surface area contributed by atoms with Gasteiger partial charge in [-0.3, -0.25) is 14.0 Å². The molecule has 7 nitrogen and oxygen atoms in total. The Morgan fingerprint density at radius 3 is 2.78 bits per heavy atom. The molecule has 7 heteroatoms. The van der Waals surface area contributed by atoms with Gasteiger partial charge in [0.05, 0.1) is 11.8 Å². The quantitative estimate of drug-likeness (QED) is 0.722. The number of hydrogen-bond acceptors (Lipinski definition) is 4. The van der Waals surface area contributed by atoms with Gasteiger partial charge in [0, 0.05) is 25.2 Å². The number of fused-ring (bicyclic) bond motifs is 3. The number of carbonyl (C=O) groups excluding carboxylic acids is 1. The van der Waals surface area contributed by atoms with Gasteiger partial charge in [0.25, 0.3) is 5.56 Å². The van der Waals surface area contributed by atoms with Crippen LogP contribution in [-0.4, -0.2) is 38.1 Å². The van der Waals surface area contributed by atoms with Gasteiger partial charge in [-0.05, 0) is 26.7 Å². The lowest BCUT2D eigenvalue weighted by Gasteiger charge is -2.21. The van der Waals surface area contributed by atoms with Crippen LogP contribution < -0.4 is 5.56 Å². The van der Waals surface area contributed by atoms with Crippen molar-refractivity contribution in [3.63, 3.8) is 0 Å². The van der Waals surface area contributed by atoms with E-state index >= 15 is 0 Å². The van der Waals surface area contributed by atoms with E-state index in [0.29, 0.717) is 16.9 Å². The molecular weight excluding hydrogens is 296 g/mol. The molecule has 3 aromatic rings. The average Bonchev–Trinajstić information content (AvgIpc) is 3.24. The smallest absolute Gasteiger partial charge is 0.291 e. The van der Waals surface area contributed by atoms with E-state index in [2.05, 4.69) is 5.10 Å². The average molecular weight is 314 g/mol. The fourth-order valence-corrected chi connectivity index (χ4v) is 3.36. The maximum atomic E-state index is 12.8. The molecule has 1 unspecified atom stereocenters. The molecule has 0 bridgehead atoms. The van der Waals surface area contributed by atoms with Crippen LogP contribution in [0.25, 0.3) is 16.6 Å². The van der Waals surface area contributed by atoms with Crippen molar-refractivity contribution in [1.29, 1.82) is 0 Å². The van der Waals surface area contributed by atoms with Gasteiger partial charge in [-0.1, -0.05) is 0 Å². The standard InChI is InChI=1S/C16H18N4O3/c1-10(15(21)18-6-3-4-7-18)20-16(22)13-9-14-12(5-8-23-14)19(13)11(2)17-20/h5,8-10H,3-4,6-7H2,1-2H3. The van der Waals surface area contributed by atoms with Crippen LogP contribution in [0.1, 0.15) is 31.6 Å². The molecule has 0 radical (unpaired) electrons. The lowest BCUT2D eigenvalue weighted by molar-refractivity contribution is -0.133. The second-order valence-corrected chi connectivity index (χ2v) is 6.04. The van der Waals surface area contributed by atoms with E-state index in [4.69, 9.17) is 4.42 Å². The zero-order chi connectivity index (χ0) is 16.1. The molecule has 0 aliphatic carbocycles. The Kier molecular flexibility index (Phi) is 3.04. The van der Waals surface area contributed by atoms with Crippen molar-refractivity contribution < 1.29 is 9.21 Å². The van der Waals surface area contributed by atoms with Gasteiger partial charge in [-0.15, -0.1) is 0 Å². The Bertz CT molecular complexity index is 959. The van der Waals surface area contributed by atoms with Crippen LogP contribution in [0.5, 0.6) is 0 Å². The number of likely N-dealkylation sites (tertiary alicyclic amines) is 1. The minimum Gasteiger partial charge on any atom is -0.463 e. The predicted molar refractivity (Wildman–Crippen MR) is 84.5 cm³/mol. The Balaban J connectivity index is 1.85. The fourth-order valence-electron chi connectivity index (χ4n) is 3.36. The molecule has 4 rings (SSSR count). The first kappa shape index (κ1) is 14.0. The summed E-state index contributed by atoms with van der Waals surface area (Å²) in [5, 5.41) is 4.37. The topological polar surface area (TPSA) is 72.8 Å². The van der Waals surface area contributed by atoms with Gasteiger partial charge in [0.2, 0.25) is 5.91 Å². The van der Waals surface area contributed by atoms with Crippen molar-refractivity contribution in [2.75, 3.05) is 13.1 Å². The molecular formula is C16H18N4O3. The largest absolute Gasteiger partial charge is 0.463 e. The molecule has 4 heterocycles. The lowest BCUT2D eigenvalue weighted by Crippen LogP contribution is -2.39. The SMILES string of the molecule is Cc1nn(C(C)C(=O)N2CCCC2)c(=O)c2cc3occc3n12. The van der Waals surface area contributed by atoms with Crippen molar-refractivity contribution in [1.82, 2.24) is 19.1 Å². The second kappa shape index (κ2) is 4.97. The number of rotatable bonds is 2. The number of nitrogens with zero attached hydrogens (tertiary/aromatic N) is 4. The summed E-state index contributed by atoms with van der Waals surface area (Å²) in [6.07, 6.45) is 3.63. The Labute approximate surface area is 132 Å². The van der Waals surface area contributed by atoms with E-state index in [-0.39, 0.29) is 11.5 Å². The first-order valence-corrected chi connectivity index (χ1v) is 7.85. The monoisotopic (exact) mass is 314 g/mol. The van der Waals surface area contributed by atoms with Gasteiger partial charge < -0.3 is 9.32 Å². The van der Waals surface area contributed by atoms with Crippen LogP contribution >= 0.6 is 0 Å². The van der Waals surface area contributed by atoms with Crippen molar-refractivity contribution in [3.8, 4) is 0 Å². The maximum Gasteiger partial charge on any atom is 0.291 e. The van der Waals surface area contributed by atoms with Crippen LogP contribution in [0.4, 0.5) is 0 Å². The summed E-state index contributed by atoms with van der Waals surface area (Å²) in [5.74, 6) is 0.605. The summed E-state index contributed by atoms with van der Waals surface area (Å²) < 4.78 is 8.43. The molecule has 0 spiro atoms. The highest BCUT2D eigenvalue weighted by atomic mass is 16.3. The molecule has 23 heavy (non-hydrogen) atoms. The Morgan fingerprint density at radius 2 is 2.04 bits per heavy atom. The Hall–Kier alpha value is -2.57. The zero-order valence-electron chi connectivity index (χ0n) is 13.2. The van der Waals surface area contributed by atoms with Crippen LogP contribution in [0.3, 0.4) is 0 Å². The van der Waals surface area contributed by atoms with Crippen LogP contribution in [-0.2, 0) is 4.79 Å². The summed E-state index contributed by atoms with van der Waals surface area (Å²) in [4.78, 5) is 27.2. The molecule has 1 amide bonds. The van der Waals surface area contributed by atoms with Gasteiger partial charge >= 0.3 is 0 Å². The van der Waals surface area contributed by atoms with Crippen molar-refractivity contribution in [3.05, 3.63) is 34.6 Å². The molecule has 0 aromatic carbocycles. The summed E-state index contributed by atoms with van der Waals surface area (Å²) in [5.41, 5.74) is 1.66. The summed E-state index contributed by atoms with van der Waals surface area (Å²) in [6, 6.07) is 2.90. The van der Waals surface area contributed by atoms with Crippen LogP contribution in [0.2, 0.25) is 0 Å².